The maximum atomic E-state index is 10.6. The molecule has 0 aliphatic carbocycles. The van der Waals surface area contributed by atoms with Crippen molar-refractivity contribution < 1.29 is 19.0 Å². The van der Waals surface area contributed by atoms with Crippen molar-refractivity contribution in [3.63, 3.8) is 0 Å². The quantitative estimate of drug-likeness (QED) is 0.254. The Bertz CT molecular complexity index is 244. The predicted octanol–water partition coefficient (Wildman–Crippen LogP) is 1.96. The van der Waals surface area contributed by atoms with Gasteiger partial charge in [-0.2, -0.15) is 0 Å². The van der Waals surface area contributed by atoms with Gasteiger partial charge in [0, 0.05) is 12.5 Å². The summed E-state index contributed by atoms with van der Waals surface area (Å²) in [6.45, 7) is 5.56. The van der Waals surface area contributed by atoms with Gasteiger partial charge < -0.3 is 19.0 Å². The summed E-state index contributed by atoms with van der Waals surface area (Å²) in [5.41, 5.74) is -0.408. The molecule has 0 aromatic rings. The number of hydrogen-bond acceptors (Lipinski definition) is 4. The van der Waals surface area contributed by atoms with E-state index in [0.717, 1.165) is 6.29 Å². The summed E-state index contributed by atoms with van der Waals surface area (Å²) in [7, 11) is 1.63. The molecule has 0 amide bonds. The Balaban J connectivity index is 3.46. The van der Waals surface area contributed by atoms with Crippen LogP contribution >= 0.6 is 0 Å². The van der Waals surface area contributed by atoms with Crippen LogP contribution in [-0.4, -0.2) is 40.0 Å². The Hall–Kier alpha value is -0.970. The molecule has 17 heavy (non-hydrogen) atoms. The van der Waals surface area contributed by atoms with Crippen molar-refractivity contribution in [2.75, 3.05) is 33.7 Å². The first-order valence-electron chi connectivity index (χ1n) is 5.57. The predicted molar refractivity (Wildman–Crippen MR) is 66.8 cm³/mol. The molecule has 0 aromatic heterocycles. The monoisotopic (exact) mass is 242 g/mol. The van der Waals surface area contributed by atoms with E-state index in [0.29, 0.717) is 19.8 Å². The minimum Gasteiger partial charge on any atom is -0.382 e. The van der Waals surface area contributed by atoms with Crippen molar-refractivity contribution in [2.24, 2.45) is 5.41 Å². The number of methoxy groups -OCH3 is 1. The molecule has 0 rings (SSSR count). The smallest absolute Gasteiger partial charge is 0.147 e. The van der Waals surface area contributed by atoms with Crippen molar-refractivity contribution >= 4 is 6.29 Å². The second kappa shape index (κ2) is 10.2. The molecule has 0 aromatic carbocycles. The molecule has 0 atom stereocenters. The van der Waals surface area contributed by atoms with Crippen LogP contribution in [0.3, 0.4) is 0 Å². The highest BCUT2D eigenvalue weighted by atomic mass is 16.7. The SMILES string of the molecule is COCCOCOC/C=C/C=C/C(C)(C)C=O. The van der Waals surface area contributed by atoms with Crippen molar-refractivity contribution in [1.82, 2.24) is 0 Å². The molecule has 0 aliphatic rings. The Labute approximate surface area is 103 Å². The lowest BCUT2D eigenvalue weighted by Gasteiger charge is -2.08. The van der Waals surface area contributed by atoms with Gasteiger partial charge in [0.25, 0.3) is 0 Å². The molecular weight excluding hydrogens is 220 g/mol. The van der Waals surface area contributed by atoms with Crippen LogP contribution in [0.25, 0.3) is 0 Å². The molecule has 0 fully saturated rings. The van der Waals surface area contributed by atoms with Crippen LogP contribution in [-0.2, 0) is 19.0 Å². The number of hydrogen-bond donors (Lipinski definition) is 0. The molecule has 0 heterocycles. The summed E-state index contributed by atoms with van der Waals surface area (Å²) in [6, 6.07) is 0. The van der Waals surface area contributed by atoms with Gasteiger partial charge in [-0.15, -0.1) is 0 Å². The second-order valence-electron chi connectivity index (χ2n) is 4.12. The van der Waals surface area contributed by atoms with E-state index < -0.39 is 5.41 Å². The van der Waals surface area contributed by atoms with Gasteiger partial charge in [-0.25, -0.2) is 0 Å². The molecule has 0 aliphatic heterocycles. The normalized spacial score (nSPS) is 12.6. The summed E-state index contributed by atoms with van der Waals surface area (Å²) in [5.74, 6) is 0. The van der Waals surface area contributed by atoms with Gasteiger partial charge in [0.2, 0.25) is 0 Å². The van der Waals surface area contributed by atoms with E-state index in [2.05, 4.69) is 0 Å². The third kappa shape index (κ3) is 11.3. The van der Waals surface area contributed by atoms with Crippen LogP contribution in [0, 0.1) is 5.41 Å². The fourth-order valence-corrected chi connectivity index (χ4v) is 0.853. The van der Waals surface area contributed by atoms with Crippen LogP contribution in [0.15, 0.2) is 24.3 Å². The molecular formula is C13H22O4. The van der Waals surface area contributed by atoms with E-state index in [1.54, 1.807) is 7.11 Å². The van der Waals surface area contributed by atoms with Gasteiger partial charge >= 0.3 is 0 Å². The van der Waals surface area contributed by atoms with Gasteiger partial charge in [-0.3, -0.25) is 0 Å². The van der Waals surface area contributed by atoms with Gasteiger partial charge in [-0.05, 0) is 13.8 Å². The van der Waals surface area contributed by atoms with Crippen molar-refractivity contribution in [2.45, 2.75) is 13.8 Å². The van der Waals surface area contributed by atoms with Crippen molar-refractivity contribution in [3.05, 3.63) is 24.3 Å². The largest absolute Gasteiger partial charge is 0.382 e. The Morgan fingerprint density at radius 1 is 1.12 bits per heavy atom. The number of carbonyl (C=O) groups is 1. The second-order valence-corrected chi connectivity index (χ2v) is 4.12. The summed E-state index contributed by atoms with van der Waals surface area (Å²) < 4.78 is 15.1. The topological polar surface area (TPSA) is 44.8 Å². The van der Waals surface area contributed by atoms with Gasteiger partial charge in [0.05, 0.1) is 19.8 Å². The summed E-state index contributed by atoms with van der Waals surface area (Å²) >= 11 is 0. The first kappa shape index (κ1) is 16.0. The first-order chi connectivity index (χ1) is 8.12. The lowest BCUT2D eigenvalue weighted by Crippen LogP contribution is -2.07. The van der Waals surface area contributed by atoms with E-state index in [-0.39, 0.29) is 6.79 Å². The average Bonchev–Trinajstić information content (AvgIpc) is 2.31. The average molecular weight is 242 g/mol. The van der Waals surface area contributed by atoms with E-state index in [1.807, 2.05) is 38.2 Å². The van der Waals surface area contributed by atoms with Crippen LogP contribution in [0.4, 0.5) is 0 Å². The zero-order valence-electron chi connectivity index (χ0n) is 10.8. The van der Waals surface area contributed by atoms with Gasteiger partial charge in [0.15, 0.2) is 0 Å². The van der Waals surface area contributed by atoms with Crippen LogP contribution in [0.5, 0.6) is 0 Å². The Kier molecular flexibility index (Phi) is 9.62. The number of allylic oxidation sites excluding steroid dienone is 3. The molecule has 0 saturated carbocycles. The molecule has 0 spiro atoms. The van der Waals surface area contributed by atoms with E-state index in [1.165, 1.54) is 0 Å². The summed E-state index contributed by atoms with van der Waals surface area (Å²) in [4.78, 5) is 10.6. The highest BCUT2D eigenvalue weighted by Crippen LogP contribution is 2.12. The lowest BCUT2D eigenvalue weighted by molar-refractivity contribution is -0.112. The van der Waals surface area contributed by atoms with Crippen molar-refractivity contribution in [1.29, 1.82) is 0 Å². The molecule has 0 unspecified atom stereocenters. The highest BCUT2D eigenvalue weighted by Gasteiger charge is 2.09. The number of rotatable bonds is 10. The number of carbonyl (C=O) groups excluding carboxylic acids is 1. The fraction of sp³-hybridized carbons (Fsp3) is 0.615. The standard InChI is InChI=1S/C13H22O4/c1-13(2,11-14)7-5-4-6-8-16-12-17-10-9-15-3/h4-7,11H,8-10,12H2,1-3H3/b6-4+,7-5+. The van der Waals surface area contributed by atoms with E-state index in [4.69, 9.17) is 14.2 Å². The minimum absolute atomic E-state index is 0.261. The molecule has 0 radical (unpaired) electrons. The maximum Gasteiger partial charge on any atom is 0.147 e. The lowest BCUT2D eigenvalue weighted by atomic mass is 9.95. The Morgan fingerprint density at radius 2 is 1.88 bits per heavy atom. The van der Waals surface area contributed by atoms with E-state index in [9.17, 15) is 4.79 Å². The highest BCUT2D eigenvalue weighted by molar-refractivity contribution is 5.61. The Morgan fingerprint density at radius 3 is 2.53 bits per heavy atom. The third-order valence-corrected chi connectivity index (χ3v) is 1.89. The zero-order valence-corrected chi connectivity index (χ0v) is 10.8. The zero-order chi connectivity index (χ0) is 13.0. The third-order valence-electron chi connectivity index (χ3n) is 1.89. The molecule has 0 saturated heterocycles. The maximum absolute atomic E-state index is 10.6. The van der Waals surface area contributed by atoms with E-state index >= 15 is 0 Å². The number of ether oxygens (including phenoxy) is 3. The fourth-order valence-electron chi connectivity index (χ4n) is 0.853. The van der Waals surface area contributed by atoms with Gasteiger partial charge in [0.1, 0.15) is 13.1 Å². The van der Waals surface area contributed by atoms with Crippen LogP contribution in [0.2, 0.25) is 0 Å². The molecule has 98 valence electrons. The van der Waals surface area contributed by atoms with Crippen LogP contribution < -0.4 is 0 Å². The first-order valence-corrected chi connectivity index (χ1v) is 5.57. The molecule has 0 bridgehead atoms. The van der Waals surface area contributed by atoms with Gasteiger partial charge in [-0.1, -0.05) is 24.3 Å². The molecule has 4 nitrogen and oxygen atoms in total. The minimum atomic E-state index is -0.408. The van der Waals surface area contributed by atoms with Crippen LogP contribution in [0.1, 0.15) is 13.8 Å². The molecule has 0 N–H and O–H groups in total. The summed E-state index contributed by atoms with van der Waals surface area (Å²) in [5, 5.41) is 0. The van der Waals surface area contributed by atoms with Crippen molar-refractivity contribution in [3.8, 4) is 0 Å². The number of aldehydes is 1. The summed E-state index contributed by atoms with van der Waals surface area (Å²) in [6.07, 6.45) is 8.30. The molecule has 4 heteroatoms.